The van der Waals surface area contributed by atoms with E-state index in [1.807, 2.05) is 6.07 Å². The molecule has 1 saturated heterocycles. The molecule has 2 aliphatic heterocycles. The fourth-order valence-corrected chi connectivity index (χ4v) is 3.96. The number of thioether (sulfide) groups is 1. The smallest absolute Gasteiger partial charge is 0.137 e. The van der Waals surface area contributed by atoms with Crippen molar-refractivity contribution in [2.24, 2.45) is 0 Å². The molecule has 1 aromatic carbocycles. The molecule has 1 unspecified atom stereocenters. The van der Waals surface area contributed by atoms with Crippen LogP contribution in [0.5, 0.6) is 0 Å². The quantitative estimate of drug-likeness (QED) is 0.921. The molecule has 0 radical (unpaired) electrons. The van der Waals surface area contributed by atoms with Crippen molar-refractivity contribution in [3.8, 4) is 0 Å². The maximum absolute atomic E-state index is 13.8. The van der Waals surface area contributed by atoms with E-state index in [9.17, 15) is 4.39 Å². The second kappa shape index (κ2) is 6.89. The number of fused-ring (bicyclic) bond motifs is 1. The molecule has 0 amide bonds. The Kier molecular flexibility index (Phi) is 4.94. The summed E-state index contributed by atoms with van der Waals surface area (Å²) in [5, 5.41) is 3.59. The van der Waals surface area contributed by atoms with Crippen LogP contribution in [0.15, 0.2) is 23.1 Å². The Hall–Kier alpha value is -0.620. The van der Waals surface area contributed by atoms with Gasteiger partial charge in [-0.2, -0.15) is 0 Å². The number of rotatable bonds is 4. The van der Waals surface area contributed by atoms with Crippen LogP contribution in [0, 0.1) is 5.82 Å². The minimum atomic E-state index is -0.0767. The third-order valence-electron chi connectivity index (χ3n) is 3.95. The zero-order valence-electron chi connectivity index (χ0n) is 11.6. The van der Waals surface area contributed by atoms with E-state index in [4.69, 9.17) is 4.74 Å². The Morgan fingerprint density at radius 1 is 1.35 bits per heavy atom. The van der Waals surface area contributed by atoms with E-state index in [1.54, 1.807) is 17.8 Å². The number of morpholine rings is 1. The molecular formula is C15H21FN2OS. The van der Waals surface area contributed by atoms with Crippen LogP contribution in [0.1, 0.15) is 18.0 Å². The van der Waals surface area contributed by atoms with Crippen LogP contribution < -0.4 is 5.32 Å². The summed E-state index contributed by atoms with van der Waals surface area (Å²) in [6.45, 7) is 5.71. The normalized spacial score (nSPS) is 23.6. The summed E-state index contributed by atoms with van der Waals surface area (Å²) in [4.78, 5) is 3.25. The van der Waals surface area contributed by atoms with E-state index in [2.05, 4.69) is 16.3 Å². The first-order chi connectivity index (χ1) is 9.84. The van der Waals surface area contributed by atoms with Gasteiger partial charge in [-0.15, -0.1) is 11.8 Å². The molecule has 0 aromatic heterocycles. The lowest BCUT2D eigenvalue weighted by atomic mass is 10.0. The van der Waals surface area contributed by atoms with Gasteiger partial charge in [0, 0.05) is 37.1 Å². The number of hydrogen-bond acceptors (Lipinski definition) is 4. The molecule has 1 aromatic rings. The summed E-state index contributed by atoms with van der Waals surface area (Å²) in [6, 6.07) is 5.72. The number of nitrogens with one attached hydrogen (secondary N) is 1. The molecule has 3 rings (SSSR count). The van der Waals surface area contributed by atoms with Crippen LogP contribution in [0.2, 0.25) is 0 Å². The molecule has 1 fully saturated rings. The number of nitrogens with zero attached hydrogens (tertiary/aromatic N) is 1. The van der Waals surface area contributed by atoms with E-state index in [1.165, 1.54) is 0 Å². The maximum atomic E-state index is 13.8. The zero-order chi connectivity index (χ0) is 13.8. The summed E-state index contributed by atoms with van der Waals surface area (Å²) in [5.74, 6) is 0.913. The Balaban J connectivity index is 1.55. The number of benzene rings is 1. The molecule has 5 heteroatoms. The van der Waals surface area contributed by atoms with Crippen LogP contribution in [-0.4, -0.2) is 50.0 Å². The molecule has 0 spiro atoms. The van der Waals surface area contributed by atoms with Gasteiger partial charge in [0.15, 0.2) is 0 Å². The molecular weight excluding hydrogens is 275 g/mol. The Labute approximate surface area is 123 Å². The highest BCUT2D eigenvalue weighted by atomic mass is 32.2. The molecule has 0 bridgehead atoms. The summed E-state index contributed by atoms with van der Waals surface area (Å²) in [5.41, 5.74) is 1.13. The highest BCUT2D eigenvalue weighted by Crippen LogP contribution is 2.37. The molecule has 0 aliphatic carbocycles. The fourth-order valence-electron chi connectivity index (χ4n) is 2.82. The second-order valence-electron chi connectivity index (χ2n) is 5.26. The number of hydrogen-bond donors (Lipinski definition) is 1. The van der Waals surface area contributed by atoms with Crippen molar-refractivity contribution >= 4 is 11.8 Å². The van der Waals surface area contributed by atoms with Gasteiger partial charge in [-0.1, -0.05) is 12.1 Å². The monoisotopic (exact) mass is 296 g/mol. The van der Waals surface area contributed by atoms with Crippen molar-refractivity contribution in [2.75, 3.05) is 45.1 Å². The van der Waals surface area contributed by atoms with Gasteiger partial charge in [-0.05, 0) is 23.8 Å². The predicted octanol–water partition coefficient (Wildman–Crippen LogP) is 2.28. The highest BCUT2D eigenvalue weighted by molar-refractivity contribution is 7.99. The lowest BCUT2D eigenvalue weighted by Crippen LogP contribution is -2.41. The SMILES string of the molecule is Fc1cccc2c1SCCC2NCCN1CCOCC1. The number of ether oxygens (including phenoxy) is 1. The molecule has 2 aliphatic rings. The van der Waals surface area contributed by atoms with E-state index in [-0.39, 0.29) is 5.82 Å². The van der Waals surface area contributed by atoms with Gasteiger partial charge in [0.05, 0.1) is 13.2 Å². The Morgan fingerprint density at radius 2 is 2.20 bits per heavy atom. The minimum Gasteiger partial charge on any atom is -0.379 e. The van der Waals surface area contributed by atoms with Crippen molar-refractivity contribution in [1.82, 2.24) is 10.2 Å². The Morgan fingerprint density at radius 3 is 3.05 bits per heavy atom. The second-order valence-corrected chi connectivity index (χ2v) is 6.36. The van der Waals surface area contributed by atoms with Crippen molar-refractivity contribution in [1.29, 1.82) is 0 Å². The van der Waals surface area contributed by atoms with Gasteiger partial charge in [0.1, 0.15) is 5.82 Å². The highest BCUT2D eigenvalue weighted by Gasteiger charge is 2.22. The van der Waals surface area contributed by atoms with E-state index in [0.29, 0.717) is 6.04 Å². The van der Waals surface area contributed by atoms with E-state index >= 15 is 0 Å². The third kappa shape index (κ3) is 3.34. The first-order valence-corrected chi connectivity index (χ1v) is 8.28. The number of halogens is 1. The zero-order valence-corrected chi connectivity index (χ0v) is 12.4. The van der Waals surface area contributed by atoms with Crippen molar-refractivity contribution in [2.45, 2.75) is 17.4 Å². The Bertz CT molecular complexity index is 451. The summed E-state index contributed by atoms with van der Waals surface area (Å²) in [7, 11) is 0. The first-order valence-electron chi connectivity index (χ1n) is 7.29. The van der Waals surface area contributed by atoms with Gasteiger partial charge in [-0.3, -0.25) is 4.90 Å². The van der Waals surface area contributed by atoms with Gasteiger partial charge in [0.25, 0.3) is 0 Å². The van der Waals surface area contributed by atoms with Gasteiger partial charge in [0.2, 0.25) is 0 Å². The van der Waals surface area contributed by atoms with E-state index < -0.39 is 0 Å². The average Bonchev–Trinajstić information content (AvgIpc) is 2.49. The summed E-state index contributed by atoms with van der Waals surface area (Å²) >= 11 is 1.64. The largest absolute Gasteiger partial charge is 0.379 e. The van der Waals surface area contributed by atoms with Gasteiger partial charge in [-0.25, -0.2) is 4.39 Å². The molecule has 2 heterocycles. The molecule has 0 saturated carbocycles. The molecule has 1 N–H and O–H groups in total. The summed E-state index contributed by atoms with van der Waals surface area (Å²) in [6.07, 6.45) is 1.07. The third-order valence-corrected chi connectivity index (χ3v) is 5.11. The maximum Gasteiger partial charge on any atom is 0.137 e. The van der Waals surface area contributed by atoms with Crippen molar-refractivity contribution < 1.29 is 9.13 Å². The van der Waals surface area contributed by atoms with Crippen molar-refractivity contribution in [3.63, 3.8) is 0 Å². The first kappa shape index (κ1) is 14.3. The van der Waals surface area contributed by atoms with E-state index in [0.717, 1.165) is 62.0 Å². The lowest BCUT2D eigenvalue weighted by Gasteiger charge is -2.29. The molecule has 3 nitrogen and oxygen atoms in total. The molecule has 1 atom stereocenters. The molecule has 20 heavy (non-hydrogen) atoms. The van der Waals surface area contributed by atoms with Crippen LogP contribution in [0.3, 0.4) is 0 Å². The topological polar surface area (TPSA) is 24.5 Å². The van der Waals surface area contributed by atoms with Crippen LogP contribution in [-0.2, 0) is 4.74 Å². The minimum absolute atomic E-state index is 0.0767. The molecule has 110 valence electrons. The van der Waals surface area contributed by atoms with Crippen molar-refractivity contribution in [3.05, 3.63) is 29.6 Å². The van der Waals surface area contributed by atoms with Crippen LogP contribution >= 0.6 is 11.8 Å². The predicted molar refractivity (Wildman–Crippen MR) is 79.7 cm³/mol. The van der Waals surface area contributed by atoms with Crippen LogP contribution in [0.25, 0.3) is 0 Å². The summed E-state index contributed by atoms with van der Waals surface area (Å²) < 4.78 is 19.1. The standard InChI is InChI=1S/C15H21FN2OS/c16-13-3-1-2-12-14(4-11-20-15(12)13)17-5-6-18-7-9-19-10-8-18/h1-3,14,17H,4-11H2. The van der Waals surface area contributed by atoms with Gasteiger partial charge < -0.3 is 10.1 Å². The van der Waals surface area contributed by atoms with Crippen LogP contribution in [0.4, 0.5) is 4.39 Å². The van der Waals surface area contributed by atoms with Gasteiger partial charge >= 0.3 is 0 Å². The average molecular weight is 296 g/mol. The fraction of sp³-hybridized carbons (Fsp3) is 0.600. The lowest BCUT2D eigenvalue weighted by molar-refractivity contribution is 0.0381.